The molecular weight excluding hydrogens is 240 g/mol. The number of hydrogen-bond acceptors (Lipinski definition) is 4. The van der Waals surface area contributed by atoms with E-state index in [9.17, 15) is 0 Å². The molecule has 1 atom stereocenters. The number of methoxy groups -OCH3 is 1. The molecule has 0 aliphatic rings. The summed E-state index contributed by atoms with van der Waals surface area (Å²) < 4.78 is 5.27. The minimum Gasteiger partial charge on any atom is -0.496 e. The number of benzene rings is 1. The van der Waals surface area contributed by atoms with Crippen molar-refractivity contribution in [3.63, 3.8) is 0 Å². The van der Waals surface area contributed by atoms with Gasteiger partial charge in [0.05, 0.1) is 13.7 Å². The van der Waals surface area contributed by atoms with Gasteiger partial charge in [-0.2, -0.15) is 0 Å². The number of ether oxygens (including phenoxy) is 1. The van der Waals surface area contributed by atoms with Crippen LogP contribution in [0.2, 0.25) is 5.02 Å². The molecule has 1 unspecified atom stereocenters. The van der Waals surface area contributed by atoms with Crippen molar-refractivity contribution in [1.29, 1.82) is 0 Å². The maximum absolute atomic E-state index is 8.90. The van der Waals surface area contributed by atoms with Crippen LogP contribution in [0.4, 0.5) is 0 Å². The van der Waals surface area contributed by atoms with E-state index >= 15 is 0 Å². The zero-order valence-corrected chi connectivity index (χ0v) is 10.9. The first-order chi connectivity index (χ1) is 8.06. The summed E-state index contributed by atoms with van der Waals surface area (Å²) in [5.74, 6) is 0.804. The molecule has 0 aromatic heterocycles. The number of aliphatic hydroxyl groups is 1. The van der Waals surface area contributed by atoms with E-state index in [0.29, 0.717) is 18.1 Å². The lowest BCUT2D eigenvalue weighted by molar-refractivity contribution is 0.217. The Hall–Kier alpha value is -0.810. The summed E-state index contributed by atoms with van der Waals surface area (Å²) in [5.41, 5.74) is 6.69. The van der Waals surface area contributed by atoms with Gasteiger partial charge in [0.1, 0.15) is 5.75 Å². The van der Waals surface area contributed by atoms with Gasteiger partial charge in [0.25, 0.3) is 0 Å². The van der Waals surface area contributed by atoms with Crippen LogP contribution in [-0.4, -0.2) is 43.4 Å². The van der Waals surface area contributed by atoms with Crippen LogP contribution in [-0.2, 0) is 6.54 Å². The van der Waals surface area contributed by atoms with E-state index in [1.165, 1.54) is 0 Å². The standard InChI is InChI=1S/C12H19ClN2O2/c1-15(7-11(14)8-16)6-9-5-10(13)3-4-12(9)17-2/h3-5,11,16H,6-8,14H2,1-2H3. The van der Waals surface area contributed by atoms with Crippen molar-refractivity contribution in [1.82, 2.24) is 4.90 Å². The van der Waals surface area contributed by atoms with Gasteiger partial charge in [-0.05, 0) is 25.2 Å². The number of halogens is 1. The number of aliphatic hydroxyl groups excluding tert-OH is 1. The van der Waals surface area contributed by atoms with E-state index in [1.54, 1.807) is 13.2 Å². The highest BCUT2D eigenvalue weighted by molar-refractivity contribution is 6.30. The zero-order chi connectivity index (χ0) is 12.8. The maximum Gasteiger partial charge on any atom is 0.123 e. The van der Waals surface area contributed by atoms with E-state index in [0.717, 1.165) is 11.3 Å². The van der Waals surface area contributed by atoms with Gasteiger partial charge < -0.3 is 20.5 Å². The third-order valence-corrected chi connectivity index (χ3v) is 2.70. The second kappa shape index (κ2) is 6.81. The molecule has 0 aliphatic carbocycles. The zero-order valence-electron chi connectivity index (χ0n) is 10.2. The lowest BCUT2D eigenvalue weighted by Crippen LogP contribution is -2.37. The summed E-state index contributed by atoms with van der Waals surface area (Å²) in [4.78, 5) is 2.02. The molecule has 17 heavy (non-hydrogen) atoms. The molecule has 4 nitrogen and oxygen atoms in total. The highest BCUT2D eigenvalue weighted by atomic mass is 35.5. The van der Waals surface area contributed by atoms with Crippen molar-refractivity contribution >= 4 is 11.6 Å². The largest absolute Gasteiger partial charge is 0.496 e. The quantitative estimate of drug-likeness (QED) is 0.802. The minimum atomic E-state index is -0.231. The fourth-order valence-electron chi connectivity index (χ4n) is 1.68. The molecule has 0 saturated heterocycles. The maximum atomic E-state index is 8.90. The predicted octanol–water partition coefficient (Wildman–Crippen LogP) is 1.10. The molecule has 1 rings (SSSR count). The molecule has 1 aromatic rings. The second-order valence-corrected chi connectivity index (χ2v) is 4.53. The smallest absolute Gasteiger partial charge is 0.123 e. The number of nitrogens with zero attached hydrogens (tertiary/aromatic N) is 1. The molecule has 0 heterocycles. The summed E-state index contributed by atoms with van der Waals surface area (Å²) in [6, 6.07) is 5.28. The Balaban J connectivity index is 2.69. The third-order valence-electron chi connectivity index (χ3n) is 2.46. The van der Waals surface area contributed by atoms with Crippen LogP contribution in [0.5, 0.6) is 5.75 Å². The van der Waals surface area contributed by atoms with E-state index in [4.69, 9.17) is 27.2 Å². The van der Waals surface area contributed by atoms with Crippen molar-refractivity contribution in [3.8, 4) is 5.75 Å². The average molecular weight is 259 g/mol. The molecular formula is C12H19ClN2O2. The summed E-state index contributed by atoms with van der Waals surface area (Å²) in [6.07, 6.45) is 0. The van der Waals surface area contributed by atoms with Crippen LogP contribution >= 0.6 is 11.6 Å². The van der Waals surface area contributed by atoms with Crippen molar-refractivity contribution in [2.24, 2.45) is 5.73 Å². The monoisotopic (exact) mass is 258 g/mol. The Bertz CT molecular complexity index is 360. The second-order valence-electron chi connectivity index (χ2n) is 4.10. The predicted molar refractivity (Wildman–Crippen MR) is 69.4 cm³/mol. The van der Waals surface area contributed by atoms with Crippen molar-refractivity contribution in [3.05, 3.63) is 28.8 Å². The van der Waals surface area contributed by atoms with Crippen LogP contribution in [0.1, 0.15) is 5.56 Å². The van der Waals surface area contributed by atoms with Gasteiger partial charge in [0, 0.05) is 29.7 Å². The number of likely N-dealkylation sites (N-methyl/N-ethyl adjacent to an activating group) is 1. The van der Waals surface area contributed by atoms with Crippen molar-refractivity contribution in [2.45, 2.75) is 12.6 Å². The minimum absolute atomic E-state index is 0.0168. The first-order valence-electron chi connectivity index (χ1n) is 5.44. The van der Waals surface area contributed by atoms with Gasteiger partial charge in [-0.25, -0.2) is 0 Å². The Kier molecular flexibility index (Phi) is 5.71. The van der Waals surface area contributed by atoms with Gasteiger partial charge in [-0.1, -0.05) is 11.6 Å². The van der Waals surface area contributed by atoms with Gasteiger partial charge >= 0.3 is 0 Å². The molecule has 0 saturated carbocycles. The molecule has 0 amide bonds. The number of rotatable bonds is 6. The fraction of sp³-hybridized carbons (Fsp3) is 0.500. The highest BCUT2D eigenvalue weighted by Gasteiger charge is 2.10. The first kappa shape index (κ1) is 14.3. The molecule has 1 aromatic carbocycles. The Morgan fingerprint density at radius 2 is 2.24 bits per heavy atom. The van der Waals surface area contributed by atoms with Crippen LogP contribution in [0.25, 0.3) is 0 Å². The lowest BCUT2D eigenvalue weighted by Gasteiger charge is -2.21. The van der Waals surface area contributed by atoms with Crippen LogP contribution < -0.4 is 10.5 Å². The molecule has 5 heteroatoms. The van der Waals surface area contributed by atoms with E-state index in [1.807, 2.05) is 24.1 Å². The molecule has 0 bridgehead atoms. The molecule has 0 aliphatic heterocycles. The molecule has 0 fully saturated rings. The van der Waals surface area contributed by atoms with Gasteiger partial charge in [-0.15, -0.1) is 0 Å². The van der Waals surface area contributed by atoms with E-state index in [-0.39, 0.29) is 12.6 Å². The molecule has 3 N–H and O–H groups in total. The summed E-state index contributed by atoms with van der Waals surface area (Å²) >= 11 is 5.95. The third kappa shape index (κ3) is 4.52. The molecule has 96 valence electrons. The van der Waals surface area contributed by atoms with Crippen molar-refractivity contribution < 1.29 is 9.84 Å². The summed E-state index contributed by atoms with van der Waals surface area (Å²) in [6.45, 7) is 1.28. The van der Waals surface area contributed by atoms with Crippen LogP contribution in [0.15, 0.2) is 18.2 Å². The Labute approximate surface area is 107 Å². The molecule has 0 spiro atoms. The highest BCUT2D eigenvalue weighted by Crippen LogP contribution is 2.23. The van der Waals surface area contributed by atoms with Crippen molar-refractivity contribution in [2.75, 3.05) is 27.3 Å². The van der Waals surface area contributed by atoms with Crippen LogP contribution in [0, 0.1) is 0 Å². The number of nitrogens with two attached hydrogens (primary N) is 1. The topological polar surface area (TPSA) is 58.7 Å². The summed E-state index contributed by atoms with van der Waals surface area (Å²) in [5, 5.41) is 9.58. The molecule has 0 radical (unpaired) electrons. The van der Waals surface area contributed by atoms with E-state index in [2.05, 4.69) is 0 Å². The van der Waals surface area contributed by atoms with Gasteiger partial charge in [-0.3, -0.25) is 0 Å². The SMILES string of the molecule is COc1ccc(Cl)cc1CN(C)CC(N)CO. The average Bonchev–Trinajstić information content (AvgIpc) is 2.29. The first-order valence-corrected chi connectivity index (χ1v) is 5.82. The Morgan fingerprint density at radius 3 is 2.82 bits per heavy atom. The van der Waals surface area contributed by atoms with E-state index < -0.39 is 0 Å². The van der Waals surface area contributed by atoms with Gasteiger partial charge in [0.2, 0.25) is 0 Å². The Morgan fingerprint density at radius 1 is 1.53 bits per heavy atom. The normalized spacial score (nSPS) is 12.8. The van der Waals surface area contributed by atoms with Crippen LogP contribution in [0.3, 0.4) is 0 Å². The number of hydrogen-bond donors (Lipinski definition) is 2. The van der Waals surface area contributed by atoms with Gasteiger partial charge in [0.15, 0.2) is 0 Å². The summed E-state index contributed by atoms with van der Waals surface area (Å²) in [7, 11) is 3.57. The fourth-order valence-corrected chi connectivity index (χ4v) is 1.88. The lowest BCUT2D eigenvalue weighted by atomic mass is 10.2.